The fourth-order valence-corrected chi connectivity index (χ4v) is 3.46. The second-order valence-electron chi connectivity index (χ2n) is 7.03. The maximum atomic E-state index is 12.7. The third-order valence-corrected chi connectivity index (χ3v) is 5.10. The molecule has 0 spiro atoms. The maximum absolute atomic E-state index is 12.7. The monoisotopic (exact) mass is 350 g/mol. The normalized spacial score (nSPS) is 18.0. The van der Waals surface area contributed by atoms with Crippen molar-refractivity contribution in [2.75, 3.05) is 11.4 Å². The van der Waals surface area contributed by atoms with Gasteiger partial charge >= 0.3 is 0 Å². The van der Waals surface area contributed by atoms with E-state index in [2.05, 4.69) is 12.2 Å². The maximum Gasteiger partial charge on any atom is 0.227 e. The van der Waals surface area contributed by atoms with Gasteiger partial charge in [-0.2, -0.15) is 0 Å². The summed E-state index contributed by atoms with van der Waals surface area (Å²) in [7, 11) is 0. The van der Waals surface area contributed by atoms with E-state index in [0.717, 1.165) is 23.2 Å². The molecule has 4 heteroatoms. The number of hydrogen-bond acceptors (Lipinski definition) is 2. The van der Waals surface area contributed by atoms with Crippen molar-refractivity contribution in [2.24, 2.45) is 5.92 Å². The Morgan fingerprint density at radius 3 is 2.58 bits per heavy atom. The van der Waals surface area contributed by atoms with Crippen LogP contribution in [0.2, 0.25) is 0 Å². The van der Waals surface area contributed by atoms with Gasteiger partial charge in [-0.25, -0.2) is 0 Å². The van der Waals surface area contributed by atoms with Gasteiger partial charge in [0.05, 0.1) is 12.0 Å². The Morgan fingerprint density at radius 2 is 1.88 bits per heavy atom. The van der Waals surface area contributed by atoms with Crippen LogP contribution in [0.4, 0.5) is 5.69 Å². The molecule has 0 bridgehead atoms. The minimum absolute atomic E-state index is 0.0223. The summed E-state index contributed by atoms with van der Waals surface area (Å²) >= 11 is 0. The molecule has 26 heavy (non-hydrogen) atoms. The minimum Gasteiger partial charge on any atom is -0.349 e. The molecule has 0 radical (unpaired) electrons. The molecule has 1 aliphatic heterocycles. The number of aryl methyl sites for hydroxylation is 2. The molecular weight excluding hydrogens is 324 g/mol. The molecule has 1 aliphatic rings. The molecule has 0 saturated carbocycles. The topological polar surface area (TPSA) is 49.4 Å². The Bertz CT molecular complexity index is 798. The molecule has 136 valence electrons. The van der Waals surface area contributed by atoms with E-state index >= 15 is 0 Å². The highest BCUT2D eigenvalue weighted by atomic mass is 16.2. The average Bonchev–Trinajstić information content (AvgIpc) is 3.04. The lowest BCUT2D eigenvalue weighted by Gasteiger charge is -2.21. The molecule has 2 aromatic rings. The van der Waals surface area contributed by atoms with Gasteiger partial charge in [0, 0.05) is 18.7 Å². The predicted octanol–water partition coefficient (Wildman–Crippen LogP) is 3.79. The fraction of sp³-hybridized carbons (Fsp3) is 0.364. The number of amides is 2. The fourth-order valence-electron chi connectivity index (χ4n) is 3.46. The lowest BCUT2D eigenvalue weighted by molar-refractivity contribution is -0.126. The molecule has 1 heterocycles. The van der Waals surface area contributed by atoms with Crippen molar-refractivity contribution >= 4 is 17.5 Å². The van der Waals surface area contributed by atoms with Gasteiger partial charge in [0.1, 0.15) is 0 Å². The highest BCUT2D eigenvalue weighted by Crippen LogP contribution is 2.29. The molecule has 3 rings (SSSR count). The first-order valence-corrected chi connectivity index (χ1v) is 9.24. The lowest BCUT2D eigenvalue weighted by atomic mass is 10.0. The molecular formula is C22H26N2O2. The van der Waals surface area contributed by atoms with Gasteiger partial charge in [-0.05, 0) is 37.5 Å². The zero-order valence-electron chi connectivity index (χ0n) is 15.7. The highest BCUT2D eigenvalue weighted by molar-refractivity contribution is 6.00. The van der Waals surface area contributed by atoms with Crippen LogP contribution < -0.4 is 10.2 Å². The van der Waals surface area contributed by atoms with Crippen molar-refractivity contribution in [3.8, 4) is 0 Å². The number of anilines is 1. The van der Waals surface area contributed by atoms with Crippen LogP contribution in [0.1, 0.15) is 43.0 Å². The summed E-state index contributed by atoms with van der Waals surface area (Å²) in [6, 6.07) is 16.0. The molecule has 2 amide bonds. The Hall–Kier alpha value is -2.62. The average molecular weight is 350 g/mol. The van der Waals surface area contributed by atoms with Gasteiger partial charge in [0.15, 0.2) is 0 Å². The zero-order valence-corrected chi connectivity index (χ0v) is 15.7. The smallest absolute Gasteiger partial charge is 0.227 e. The van der Waals surface area contributed by atoms with Crippen LogP contribution in [-0.4, -0.2) is 18.4 Å². The molecule has 0 aromatic heterocycles. The Morgan fingerprint density at radius 1 is 1.19 bits per heavy atom. The van der Waals surface area contributed by atoms with Crippen molar-refractivity contribution in [2.45, 2.75) is 39.7 Å². The summed E-state index contributed by atoms with van der Waals surface area (Å²) in [5, 5.41) is 3.06. The number of nitrogens with zero attached hydrogens (tertiary/aromatic N) is 1. The Labute approximate surface area is 155 Å². The van der Waals surface area contributed by atoms with Gasteiger partial charge in [-0.15, -0.1) is 0 Å². The first kappa shape index (κ1) is 18.2. The van der Waals surface area contributed by atoms with Gasteiger partial charge < -0.3 is 10.2 Å². The van der Waals surface area contributed by atoms with Crippen molar-refractivity contribution in [1.29, 1.82) is 0 Å². The first-order chi connectivity index (χ1) is 12.5. The number of carbonyl (C=O) groups excluding carboxylic acids is 2. The zero-order chi connectivity index (χ0) is 18.7. The summed E-state index contributed by atoms with van der Waals surface area (Å²) in [6.07, 6.45) is 1.13. The summed E-state index contributed by atoms with van der Waals surface area (Å²) in [4.78, 5) is 26.9. The molecule has 0 aliphatic carbocycles. The quantitative estimate of drug-likeness (QED) is 0.892. The number of para-hydroxylation sites is 1. The van der Waals surface area contributed by atoms with Crippen LogP contribution in [0.5, 0.6) is 0 Å². The van der Waals surface area contributed by atoms with Crippen molar-refractivity contribution in [3.63, 3.8) is 0 Å². The molecule has 2 unspecified atom stereocenters. The van der Waals surface area contributed by atoms with E-state index in [1.54, 1.807) is 4.90 Å². The van der Waals surface area contributed by atoms with Crippen LogP contribution >= 0.6 is 0 Å². The second kappa shape index (κ2) is 7.73. The summed E-state index contributed by atoms with van der Waals surface area (Å²) in [5.74, 6) is -0.336. The van der Waals surface area contributed by atoms with E-state index in [9.17, 15) is 9.59 Å². The van der Waals surface area contributed by atoms with Crippen molar-refractivity contribution in [3.05, 3.63) is 65.2 Å². The Balaban J connectivity index is 1.68. The predicted molar refractivity (Wildman–Crippen MR) is 104 cm³/mol. The largest absolute Gasteiger partial charge is 0.349 e. The minimum atomic E-state index is -0.305. The molecule has 1 saturated heterocycles. The molecule has 2 aromatic carbocycles. The standard InChI is InChI=1S/C22H26N2O2/c1-4-17-7-5-6-8-20(17)24-14-19(13-21(24)25)22(26)23-16(3)18-11-9-15(2)10-12-18/h5-12,16,19H,4,13-14H2,1-3H3,(H,23,26). The van der Waals surface area contributed by atoms with E-state index < -0.39 is 0 Å². The van der Waals surface area contributed by atoms with Crippen molar-refractivity contribution in [1.82, 2.24) is 5.32 Å². The van der Waals surface area contributed by atoms with Gasteiger partial charge in [0.2, 0.25) is 11.8 Å². The van der Waals surface area contributed by atoms with Gasteiger partial charge in [0.25, 0.3) is 0 Å². The van der Waals surface area contributed by atoms with Gasteiger partial charge in [-0.1, -0.05) is 55.0 Å². The third kappa shape index (κ3) is 3.79. The molecule has 1 N–H and O–H groups in total. The summed E-state index contributed by atoms with van der Waals surface area (Å²) in [5.41, 5.74) is 4.33. The second-order valence-corrected chi connectivity index (χ2v) is 7.03. The number of rotatable bonds is 5. The van der Waals surface area contributed by atoms with Crippen LogP contribution in [0, 0.1) is 12.8 Å². The first-order valence-electron chi connectivity index (χ1n) is 9.24. The number of carbonyl (C=O) groups is 2. The van der Waals surface area contributed by atoms with Gasteiger partial charge in [-0.3, -0.25) is 9.59 Å². The molecule has 1 fully saturated rings. The number of nitrogens with one attached hydrogen (secondary N) is 1. The highest BCUT2D eigenvalue weighted by Gasteiger charge is 2.36. The summed E-state index contributed by atoms with van der Waals surface area (Å²) in [6.45, 7) is 6.54. The molecule has 2 atom stereocenters. The van der Waals surface area contributed by atoms with Crippen molar-refractivity contribution < 1.29 is 9.59 Å². The summed E-state index contributed by atoms with van der Waals surface area (Å²) < 4.78 is 0. The SMILES string of the molecule is CCc1ccccc1N1CC(C(=O)NC(C)c2ccc(C)cc2)CC1=O. The van der Waals surface area contributed by atoms with E-state index in [4.69, 9.17) is 0 Å². The van der Waals surface area contributed by atoms with Crippen LogP contribution in [0.15, 0.2) is 48.5 Å². The Kier molecular flexibility index (Phi) is 5.40. The van der Waals surface area contributed by atoms with Crippen LogP contribution in [0.25, 0.3) is 0 Å². The van der Waals surface area contributed by atoms with E-state index in [1.165, 1.54) is 5.56 Å². The molecule has 4 nitrogen and oxygen atoms in total. The van der Waals surface area contributed by atoms with E-state index in [-0.39, 0.29) is 30.2 Å². The van der Waals surface area contributed by atoms with Crippen LogP contribution in [-0.2, 0) is 16.0 Å². The van der Waals surface area contributed by atoms with E-state index in [0.29, 0.717) is 6.54 Å². The van der Waals surface area contributed by atoms with Crippen LogP contribution in [0.3, 0.4) is 0 Å². The third-order valence-electron chi connectivity index (χ3n) is 5.10. The lowest BCUT2D eigenvalue weighted by Crippen LogP contribution is -2.34. The number of hydrogen-bond donors (Lipinski definition) is 1. The van der Waals surface area contributed by atoms with E-state index in [1.807, 2.05) is 62.4 Å². The number of benzene rings is 2.